The zero-order valence-corrected chi connectivity index (χ0v) is 19.9. The Hall–Kier alpha value is -1.71. The first-order chi connectivity index (χ1) is 14.8. The van der Waals surface area contributed by atoms with E-state index in [9.17, 15) is 13.2 Å². The Morgan fingerprint density at radius 3 is 2.35 bits per heavy atom. The molecule has 1 aromatic heterocycles. The van der Waals surface area contributed by atoms with Crippen LogP contribution in [-0.4, -0.2) is 36.7 Å². The van der Waals surface area contributed by atoms with Crippen molar-refractivity contribution in [2.24, 2.45) is 0 Å². The molecule has 1 aliphatic rings. The van der Waals surface area contributed by atoms with Crippen molar-refractivity contribution in [3.8, 4) is 0 Å². The molecule has 2 aromatic carbocycles. The van der Waals surface area contributed by atoms with Gasteiger partial charge in [0.25, 0.3) is 5.91 Å². The smallest absolute Gasteiger partial charge is 0.257 e. The van der Waals surface area contributed by atoms with Gasteiger partial charge in [0, 0.05) is 18.7 Å². The van der Waals surface area contributed by atoms with E-state index in [0.717, 1.165) is 32.1 Å². The minimum atomic E-state index is -3.60. The van der Waals surface area contributed by atoms with E-state index in [0.29, 0.717) is 31.0 Å². The SMILES string of the molecule is CN(C1CCCCC1)S(=O)(=O)c1ccc(C(=O)Nc2nc3c(Cl)ccc(Cl)c3s2)cc1. The lowest BCUT2D eigenvalue weighted by atomic mass is 9.96. The van der Waals surface area contributed by atoms with Crippen molar-refractivity contribution in [1.29, 1.82) is 0 Å². The summed E-state index contributed by atoms with van der Waals surface area (Å²) in [4.78, 5) is 17.1. The van der Waals surface area contributed by atoms with Crippen LogP contribution in [0, 0.1) is 0 Å². The molecule has 6 nitrogen and oxygen atoms in total. The maximum absolute atomic E-state index is 13.0. The van der Waals surface area contributed by atoms with Gasteiger partial charge in [0.05, 0.1) is 19.6 Å². The number of fused-ring (bicyclic) bond motifs is 1. The normalized spacial score (nSPS) is 15.5. The second kappa shape index (κ2) is 9.03. The Morgan fingerprint density at radius 2 is 1.71 bits per heavy atom. The topological polar surface area (TPSA) is 79.4 Å². The lowest BCUT2D eigenvalue weighted by molar-refractivity contribution is 0.102. The number of carbonyl (C=O) groups is 1. The van der Waals surface area contributed by atoms with Crippen LogP contribution in [0.4, 0.5) is 5.13 Å². The second-order valence-electron chi connectivity index (χ2n) is 7.52. The molecule has 164 valence electrons. The third kappa shape index (κ3) is 4.59. The van der Waals surface area contributed by atoms with Crippen LogP contribution in [0.3, 0.4) is 0 Å². The molecular weight excluding hydrogens is 477 g/mol. The number of rotatable bonds is 5. The highest BCUT2D eigenvalue weighted by molar-refractivity contribution is 7.89. The standard InChI is InChI=1S/C21H21Cl2N3O3S2/c1-26(14-5-3-2-4-6-14)31(28,29)15-9-7-13(8-10-15)20(27)25-21-24-18-16(22)11-12-17(23)19(18)30-21/h7-12,14H,2-6H2,1H3,(H,24,25,27). The predicted octanol–water partition coefficient (Wildman–Crippen LogP) is 5.81. The first-order valence-electron chi connectivity index (χ1n) is 9.91. The van der Waals surface area contributed by atoms with Crippen LogP contribution < -0.4 is 5.32 Å². The zero-order chi connectivity index (χ0) is 22.2. The molecule has 1 amide bonds. The van der Waals surface area contributed by atoms with Gasteiger partial charge in [-0.25, -0.2) is 13.4 Å². The zero-order valence-electron chi connectivity index (χ0n) is 16.8. The van der Waals surface area contributed by atoms with Crippen molar-refractivity contribution in [2.45, 2.75) is 43.0 Å². The number of aromatic nitrogens is 1. The number of nitrogens with zero attached hydrogens (tertiary/aromatic N) is 2. The van der Waals surface area contributed by atoms with E-state index in [1.807, 2.05) is 0 Å². The van der Waals surface area contributed by atoms with E-state index >= 15 is 0 Å². The number of halogens is 2. The van der Waals surface area contributed by atoms with Gasteiger partial charge < -0.3 is 0 Å². The number of sulfonamides is 1. The Bertz CT molecular complexity index is 1180. The van der Waals surface area contributed by atoms with Crippen LogP contribution >= 0.6 is 34.5 Å². The van der Waals surface area contributed by atoms with E-state index in [1.54, 1.807) is 19.2 Å². The minimum absolute atomic E-state index is 0.0272. The summed E-state index contributed by atoms with van der Waals surface area (Å²) >= 11 is 13.6. The average molecular weight is 498 g/mol. The predicted molar refractivity (Wildman–Crippen MR) is 126 cm³/mol. The van der Waals surface area contributed by atoms with E-state index in [1.165, 1.54) is 39.9 Å². The molecule has 0 aliphatic heterocycles. The van der Waals surface area contributed by atoms with E-state index < -0.39 is 15.9 Å². The summed E-state index contributed by atoms with van der Waals surface area (Å²) in [5, 5.41) is 4.05. The number of hydrogen-bond acceptors (Lipinski definition) is 5. The van der Waals surface area contributed by atoms with Crippen LogP contribution in [0.2, 0.25) is 10.0 Å². The van der Waals surface area contributed by atoms with Crippen LogP contribution in [0.25, 0.3) is 10.2 Å². The van der Waals surface area contributed by atoms with Crippen molar-refractivity contribution in [3.63, 3.8) is 0 Å². The maximum atomic E-state index is 13.0. The number of carbonyl (C=O) groups excluding carboxylic acids is 1. The first-order valence-corrected chi connectivity index (χ1v) is 12.9. The van der Waals surface area contributed by atoms with Gasteiger partial charge in [0.15, 0.2) is 5.13 Å². The molecule has 0 bridgehead atoms. The lowest BCUT2D eigenvalue weighted by Gasteiger charge is -2.30. The highest BCUT2D eigenvalue weighted by atomic mass is 35.5. The molecule has 1 heterocycles. The molecule has 0 saturated heterocycles. The summed E-state index contributed by atoms with van der Waals surface area (Å²) in [6, 6.07) is 9.31. The van der Waals surface area contributed by atoms with Crippen LogP contribution in [-0.2, 0) is 10.0 Å². The van der Waals surface area contributed by atoms with Crippen molar-refractivity contribution in [2.75, 3.05) is 12.4 Å². The number of benzene rings is 2. The molecule has 1 saturated carbocycles. The number of thiazole rings is 1. The second-order valence-corrected chi connectivity index (χ2v) is 11.3. The Balaban J connectivity index is 1.50. The molecule has 10 heteroatoms. The molecule has 4 rings (SSSR count). The Labute approximate surface area is 195 Å². The van der Waals surface area contributed by atoms with Gasteiger partial charge in [0.1, 0.15) is 5.52 Å². The molecule has 1 aliphatic carbocycles. The fourth-order valence-electron chi connectivity index (χ4n) is 3.75. The highest BCUT2D eigenvalue weighted by Crippen LogP contribution is 2.36. The molecule has 0 radical (unpaired) electrons. The lowest BCUT2D eigenvalue weighted by Crippen LogP contribution is -2.38. The van der Waals surface area contributed by atoms with Crippen LogP contribution in [0.1, 0.15) is 42.5 Å². The quantitative estimate of drug-likeness (QED) is 0.482. The summed E-state index contributed by atoms with van der Waals surface area (Å²) in [5.74, 6) is -0.393. The Kier molecular flexibility index (Phi) is 6.55. The average Bonchev–Trinajstić information content (AvgIpc) is 3.21. The van der Waals surface area contributed by atoms with Crippen LogP contribution in [0.15, 0.2) is 41.3 Å². The van der Waals surface area contributed by atoms with Gasteiger partial charge in [-0.2, -0.15) is 4.31 Å². The molecule has 0 unspecified atom stereocenters. The van der Waals surface area contributed by atoms with E-state index in [4.69, 9.17) is 23.2 Å². The number of amides is 1. The van der Waals surface area contributed by atoms with Crippen molar-refractivity contribution in [3.05, 3.63) is 52.0 Å². The molecule has 31 heavy (non-hydrogen) atoms. The van der Waals surface area contributed by atoms with Gasteiger partial charge >= 0.3 is 0 Å². The summed E-state index contributed by atoms with van der Waals surface area (Å²) in [7, 11) is -1.97. The molecule has 0 atom stereocenters. The maximum Gasteiger partial charge on any atom is 0.257 e. The van der Waals surface area contributed by atoms with Gasteiger partial charge in [0.2, 0.25) is 10.0 Å². The largest absolute Gasteiger partial charge is 0.298 e. The Morgan fingerprint density at radius 1 is 1.06 bits per heavy atom. The summed E-state index contributed by atoms with van der Waals surface area (Å²) in [6.07, 6.45) is 5.01. The highest BCUT2D eigenvalue weighted by Gasteiger charge is 2.29. The minimum Gasteiger partial charge on any atom is -0.298 e. The van der Waals surface area contributed by atoms with Gasteiger partial charge in [-0.1, -0.05) is 53.8 Å². The third-order valence-corrected chi connectivity index (χ3v) is 9.21. The van der Waals surface area contributed by atoms with Gasteiger partial charge in [-0.05, 0) is 49.2 Å². The first kappa shape index (κ1) is 22.5. The van der Waals surface area contributed by atoms with Crippen molar-refractivity contribution in [1.82, 2.24) is 9.29 Å². The molecule has 3 aromatic rings. The molecule has 1 N–H and O–H groups in total. The summed E-state index contributed by atoms with van der Waals surface area (Å²) < 4.78 is 28.1. The molecule has 1 fully saturated rings. The van der Waals surface area contributed by atoms with E-state index in [2.05, 4.69) is 10.3 Å². The van der Waals surface area contributed by atoms with Crippen LogP contribution in [0.5, 0.6) is 0 Å². The fraction of sp³-hybridized carbons (Fsp3) is 0.333. The third-order valence-electron chi connectivity index (χ3n) is 5.55. The summed E-state index contributed by atoms with van der Waals surface area (Å²) in [6.45, 7) is 0. The van der Waals surface area contributed by atoms with Crippen molar-refractivity contribution >= 4 is 65.8 Å². The van der Waals surface area contributed by atoms with Crippen molar-refractivity contribution < 1.29 is 13.2 Å². The molecular formula is C21H21Cl2N3O3S2. The van der Waals surface area contributed by atoms with Gasteiger partial charge in [-0.15, -0.1) is 0 Å². The number of nitrogens with one attached hydrogen (secondary N) is 1. The molecule has 0 spiro atoms. The summed E-state index contributed by atoms with van der Waals surface area (Å²) in [5.41, 5.74) is 0.859. The monoisotopic (exact) mass is 497 g/mol. The number of hydrogen-bond donors (Lipinski definition) is 1. The number of anilines is 1. The van der Waals surface area contributed by atoms with E-state index in [-0.39, 0.29) is 10.9 Å². The van der Waals surface area contributed by atoms with Gasteiger partial charge in [-0.3, -0.25) is 10.1 Å². The fourth-order valence-corrected chi connectivity index (χ4v) is 6.58.